The van der Waals surface area contributed by atoms with E-state index in [1.165, 1.54) is 18.4 Å². The molecule has 4 heterocycles. The summed E-state index contributed by atoms with van der Waals surface area (Å²) >= 11 is 0. The minimum atomic E-state index is -3.86. The molecule has 0 aliphatic carbocycles. The molecule has 276 valence electrons. The number of amides is 2. The zero-order valence-corrected chi connectivity index (χ0v) is 30.9. The van der Waals surface area contributed by atoms with E-state index in [4.69, 9.17) is 23.9 Å². The van der Waals surface area contributed by atoms with Crippen LogP contribution in [0.5, 0.6) is 23.0 Å². The highest BCUT2D eigenvalue weighted by atomic mass is 32.2. The smallest absolute Gasteiger partial charge is 0.281 e. The van der Waals surface area contributed by atoms with Gasteiger partial charge in [0, 0.05) is 82.4 Å². The summed E-state index contributed by atoms with van der Waals surface area (Å²) in [6.45, 7) is 2.80. The molecule has 1 unspecified atom stereocenters. The molecule has 15 heteroatoms. The van der Waals surface area contributed by atoms with Gasteiger partial charge >= 0.3 is 0 Å². The first kappa shape index (κ1) is 36.5. The van der Waals surface area contributed by atoms with E-state index in [2.05, 4.69) is 10.2 Å². The van der Waals surface area contributed by atoms with E-state index in [0.717, 1.165) is 58.2 Å². The van der Waals surface area contributed by atoms with Gasteiger partial charge in [-0.3, -0.25) is 9.59 Å². The number of ether oxygens (including phenoxy) is 4. The van der Waals surface area contributed by atoms with E-state index in [1.807, 2.05) is 29.2 Å². The monoisotopic (exact) mass is 724 g/mol. The van der Waals surface area contributed by atoms with Gasteiger partial charge in [-0.2, -0.15) is 17.0 Å². The van der Waals surface area contributed by atoms with E-state index in [-0.39, 0.29) is 37.4 Å². The predicted molar refractivity (Wildman–Crippen MR) is 193 cm³/mol. The van der Waals surface area contributed by atoms with Crippen LogP contribution in [0.25, 0.3) is 10.9 Å². The number of piperidine rings is 1. The van der Waals surface area contributed by atoms with Crippen LogP contribution in [-0.2, 0) is 28.0 Å². The van der Waals surface area contributed by atoms with Crippen molar-refractivity contribution in [2.75, 3.05) is 86.2 Å². The normalized spacial score (nSPS) is 19.3. The van der Waals surface area contributed by atoms with Crippen LogP contribution in [-0.4, -0.2) is 120 Å². The highest BCUT2D eigenvalue weighted by molar-refractivity contribution is 7.86. The highest BCUT2D eigenvalue weighted by Crippen LogP contribution is 2.44. The maximum Gasteiger partial charge on any atom is 0.281 e. The summed E-state index contributed by atoms with van der Waals surface area (Å²) in [5.74, 6) is 2.57. The lowest BCUT2D eigenvalue weighted by atomic mass is 9.97. The Morgan fingerprint density at radius 3 is 2.49 bits per heavy atom. The first-order valence-electron chi connectivity index (χ1n) is 17.4. The fourth-order valence-corrected chi connectivity index (χ4v) is 8.27. The van der Waals surface area contributed by atoms with Crippen molar-refractivity contribution in [3.63, 3.8) is 0 Å². The molecule has 2 aromatic carbocycles. The average Bonchev–Trinajstić information content (AvgIpc) is 3.61. The van der Waals surface area contributed by atoms with Gasteiger partial charge in [-0.05, 0) is 61.4 Å². The Kier molecular flexibility index (Phi) is 11.1. The van der Waals surface area contributed by atoms with Gasteiger partial charge in [0.2, 0.25) is 11.7 Å². The molecule has 2 amide bonds. The van der Waals surface area contributed by atoms with Gasteiger partial charge in [0.25, 0.3) is 16.1 Å². The second-order valence-corrected chi connectivity index (χ2v) is 15.6. The zero-order chi connectivity index (χ0) is 36.3. The first-order chi connectivity index (χ1) is 24.5. The number of carbonyl (C=O) groups excluding carboxylic acids is 2. The molecule has 6 rings (SSSR count). The maximum absolute atomic E-state index is 14.4. The molecule has 1 atom stereocenters. The zero-order valence-electron chi connectivity index (χ0n) is 30.1. The van der Waals surface area contributed by atoms with E-state index in [0.29, 0.717) is 67.4 Å². The van der Waals surface area contributed by atoms with E-state index >= 15 is 0 Å². The predicted octanol–water partition coefficient (Wildman–Crippen LogP) is 3.07. The minimum absolute atomic E-state index is 0.103. The van der Waals surface area contributed by atoms with E-state index in [9.17, 15) is 18.0 Å². The summed E-state index contributed by atoms with van der Waals surface area (Å²) in [5.41, 5.74) is 3.04. The van der Waals surface area contributed by atoms with Crippen LogP contribution in [0.1, 0.15) is 47.2 Å². The molecule has 51 heavy (non-hydrogen) atoms. The summed E-state index contributed by atoms with van der Waals surface area (Å²) in [6, 6.07) is 9.41. The quantitative estimate of drug-likeness (QED) is 0.403. The van der Waals surface area contributed by atoms with Crippen molar-refractivity contribution >= 4 is 38.7 Å². The lowest BCUT2D eigenvalue weighted by Gasteiger charge is -2.36. The number of rotatable bonds is 6. The highest BCUT2D eigenvalue weighted by Gasteiger charge is 2.30. The molecule has 14 nitrogen and oxygen atoms in total. The summed E-state index contributed by atoms with van der Waals surface area (Å²) < 4.78 is 51.7. The third-order valence-corrected chi connectivity index (χ3v) is 11.8. The molecular weight excluding hydrogens is 676 g/mol. The molecule has 0 saturated carbocycles. The maximum atomic E-state index is 14.4. The topological polar surface area (TPSA) is 143 Å². The van der Waals surface area contributed by atoms with Crippen LogP contribution in [0.2, 0.25) is 0 Å². The average molecular weight is 725 g/mol. The molecule has 0 spiro atoms. The Bertz CT molecular complexity index is 1890. The summed E-state index contributed by atoms with van der Waals surface area (Å²) in [4.78, 5) is 36.8. The number of hydrogen-bond acceptors (Lipinski definition) is 10. The van der Waals surface area contributed by atoms with Crippen molar-refractivity contribution in [2.24, 2.45) is 5.92 Å². The van der Waals surface area contributed by atoms with Gasteiger partial charge in [0.1, 0.15) is 11.6 Å². The molecule has 3 aromatic rings. The number of nitrogens with zero attached hydrogens (tertiary/aromatic N) is 5. The SMILES string of the molecule is COc1cc2nc3c(cc2c(OC)c1OC)CN(C(=O)c1ccc2c(c1)CCO2)CCCCN(S(=O)(=O)N(C)C)CC(=O)NCC1CCCN3C1. The van der Waals surface area contributed by atoms with Gasteiger partial charge in [-0.1, -0.05) is 0 Å². The number of carbonyl (C=O) groups is 2. The summed E-state index contributed by atoms with van der Waals surface area (Å²) in [7, 11) is 3.76. The molecule has 1 aromatic heterocycles. The second-order valence-electron chi connectivity index (χ2n) is 13.4. The number of fused-ring (bicyclic) bond motifs is 6. The van der Waals surface area contributed by atoms with Crippen molar-refractivity contribution in [3.8, 4) is 23.0 Å². The number of hydrogen-bond donors (Lipinski definition) is 1. The second kappa shape index (κ2) is 15.5. The van der Waals surface area contributed by atoms with Crippen molar-refractivity contribution in [1.82, 2.24) is 23.8 Å². The van der Waals surface area contributed by atoms with Gasteiger partial charge in [0.15, 0.2) is 11.5 Å². The van der Waals surface area contributed by atoms with Crippen molar-refractivity contribution in [2.45, 2.75) is 38.6 Å². The number of nitrogens with one attached hydrogen (secondary N) is 1. The molecule has 0 radical (unpaired) electrons. The van der Waals surface area contributed by atoms with Crippen LogP contribution in [0, 0.1) is 5.92 Å². The van der Waals surface area contributed by atoms with Crippen LogP contribution in [0.4, 0.5) is 5.82 Å². The fraction of sp³-hybridized carbons (Fsp3) is 0.528. The van der Waals surface area contributed by atoms with Gasteiger partial charge in [0.05, 0.1) is 40.0 Å². The van der Waals surface area contributed by atoms with E-state index in [1.54, 1.807) is 27.4 Å². The number of aromatic nitrogens is 1. The summed E-state index contributed by atoms with van der Waals surface area (Å²) in [5, 5.41) is 3.71. The Hall–Kier alpha value is -4.34. The number of pyridine rings is 1. The first-order valence-corrected chi connectivity index (χ1v) is 18.8. The van der Waals surface area contributed by atoms with Gasteiger partial charge in [-0.15, -0.1) is 0 Å². The molecule has 3 aliphatic heterocycles. The van der Waals surface area contributed by atoms with Gasteiger partial charge < -0.3 is 34.1 Å². The molecule has 1 saturated heterocycles. The van der Waals surface area contributed by atoms with E-state index < -0.39 is 10.2 Å². The third-order valence-electron chi connectivity index (χ3n) is 9.86. The van der Waals surface area contributed by atoms with Crippen molar-refractivity contribution < 1.29 is 37.0 Å². The van der Waals surface area contributed by atoms with Crippen LogP contribution in [0.3, 0.4) is 0 Å². The fourth-order valence-electron chi connectivity index (χ4n) is 7.17. The number of benzene rings is 2. The van der Waals surface area contributed by atoms with Crippen LogP contribution < -0.4 is 29.2 Å². The molecule has 1 fully saturated rings. The molecule has 1 N–H and O–H groups in total. The Morgan fingerprint density at radius 2 is 1.75 bits per heavy atom. The molecular formula is C36H48N6O8S. The van der Waals surface area contributed by atoms with Crippen LogP contribution in [0.15, 0.2) is 30.3 Å². The largest absolute Gasteiger partial charge is 0.493 e. The van der Waals surface area contributed by atoms with Crippen molar-refractivity contribution in [3.05, 3.63) is 47.0 Å². The Balaban J connectivity index is 1.45. The lowest BCUT2D eigenvalue weighted by Crippen LogP contribution is -2.48. The standard InChI is InChI=1S/C36H48N6O8S/c1-39(2)51(45,46)42-15-7-6-13-41(36(44)26-10-11-30-25(17-26)12-16-50-30)22-27-18-28-29(19-31(47-3)34(49-5)33(28)48-4)38-35(27)40-14-8-9-24(21-40)20-37-32(43)23-42/h10-11,17-19,24H,6-9,12-16,20-23H2,1-5H3,(H,37,43). The lowest BCUT2D eigenvalue weighted by molar-refractivity contribution is -0.121. The van der Waals surface area contributed by atoms with Gasteiger partial charge in [-0.25, -0.2) is 4.98 Å². The van der Waals surface area contributed by atoms with Crippen LogP contribution >= 0.6 is 0 Å². The molecule has 2 bridgehead atoms. The molecule has 3 aliphatic rings. The Morgan fingerprint density at radius 1 is 0.961 bits per heavy atom. The minimum Gasteiger partial charge on any atom is -0.493 e. The summed E-state index contributed by atoms with van der Waals surface area (Å²) in [6.07, 6.45) is 3.43. The third kappa shape index (κ3) is 7.65. The Labute approximate surface area is 299 Å². The van der Waals surface area contributed by atoms with Crippen molar-refractivity contribution in [1.29, 1.82) is 0 Å². The number of anilines is 1. The number of methoxy groups -OCH3 is 3.